The molecule has 1 N–H and O–H groups in total. The number of carbonyl (C=O) groups is 1. The van der Waals surface area contributed by atoms with Crippen molar-refractivity contribution in [2.45, 2.75) is 19.4 Å². The van der Waals surface area contributed by atoms with Crippen LogP contribution in [0.15, 0.2) is 18.2 Å². The van der Waals surface area contributed by atoms with Crippen LogP contribution >= 0.6 is 22.6 Å². The second-order valence-electron chi connectivity index (χ2n) is 3.66. The van der Waals surface area contributed by atoms with Crippen molar-refractivity contribution in [2.75, 3.05) is 13.7 Å². The molecule has 0 radical (unpaired) electrons. The highest BCUT2D eigenvalue weighted by Gasteiger charge is 2.14. The number of halogens is 1. The zero-order chi connectivity index (χ0) is 12.8. The topological polar surface area (TPSA) is 55.8 Å². The molecule has 1 unspecified atom stereocenters. The molecule has 0 fully saturated rings. The summed E-state index contributed by atoms with van der Waals surface area (Å²) in [6, 6.07) is 5.11. The zero-order valence-electron chi connectivity index (χ0n) is 9.77. The van der Waals surface area contributed by atoms with Crippen LogP contribution < -0.4 is 4.74 Å². The lowest BCUT2D eigenvalue weighted by Gasteiger charge is -2.16. The van der Waals surface area contributed by atoms with Crippen LogP contribution in [0.4, 0.5) is 0 Å². The molecule has 94 valence electrons. The Bertz CT molecular complexity index is 392. The first-order chi connectivity index (χ1) is 8.04. The van der Waals surface area contributed by atoms with E-state index in [0.29, 0.717) is 12.4 Å². The zero-order valence-corrected chi connectivity index (χ0v) is 11.9. The molecule has 0 bridgehead atoms. The third-order valence-electron chi connectivity index (χ3n) is 2.23. The number of hydrogen-bond donors (Lipinski definition) is 1. The quantitative estimate of drug-likeness (QED) is 0.802. The molecule has 0 amide bonds. The molecule has 5 heteroatoms. The number of rotatable bonds is 6. The van der Waals surface area contributed by atoms with E-state index in [4.69, 9.17) is 14.6 Å². The maximum Gasteiger partial charge on any atom is 0.339 e. The fraction of sp³-hybridized carbons (Fsp3) is 0.417. The minimum Gasteiger partial charge on any atom is -0.490 e. The van der Waals surface area contributed by atoms with Gasteiger partial charge < -0.3 is 14.6 Å². The molecular formula is C12H15IO4. The van der Waals surface area contributed by atoms with Crippen molar-refractivity contribution >= 4 is 28.6 Å². The van der Waals surface area contributed by atoms with Crippen molar-refractivity contribution in [1.29, 1.82) is 0 Å². The molecule has 0 saturated heterocycles. The molecular weight excluding hydrogens is 335 g/mol. The van der Waals surface area contributed by atoms with Gasteiger partial charge in [0.15, 0.2) is 0 Å². The minimum atomic E-state index is -0.975. The molecule has 0 heterocycles. The molecule has 0 spiro atoms. The number of hydrogen-bond acceptors (Lipinski definition) is 3. The normalized spacial score (nSPS) is 12.2. The van der Waals surface area contributed by atoms with Gasteiger partial charge >= 0.3 is 5.97 Å². The van der Waals surface area contributed by atoms with Crippen LogP contribution in [0, 0.1) is 3.57 Å². The highest BCUT2D eigenvalue weighted by atomic mass is 127. The summed E-state index contributed by atoms with van der Waals surface area (Å²) in [6.45, 7) is 2.48. The van der Waals surface area contributed by atoms with Crippen LogP contribution in [-0.2, 0) is 4.74 Å². The molecule has 0 aliphatic carbocycles. The van der Waals surface area contributed by atoms with E-state index in [2.05, 4.69) is 22.6 Å². The summed E-state index contributed by atoms with van der Waals surface area (Å²) in [5, 5.41) is 9.07. The maximum absolute atomic E-state index is 11.1. The van der Waals surface area contributed by atoms with Gasteiger partial charge in [0.2, 0.25) is 0 Å². The van der Waals surface area contributed by atoms with Gasteiger partial charge in [0.25, 0.3) is 0 Å². The largest absolute Gasteiger partial charge is 0.490 e. The summed E-state index contributed by atoms with van der Waals surface area (Å²) < 4.78 is 11.4. The number of carboxylic acid groups (broad SMARTS) is 1. The van der Waals surface area contributed by atoms with Gasteiger partial charge in [0.05, 0.1) is 6.10 Å². The molecule has 17 heavy (non-hydrogen) atoms. The summed E-state index contributed by atoms with van der Waals surface area (Å²) in [4.78, 5) is 11.1. The first-order valence-corrected chi connectivity index (χ1v) is 6.31. The van der Waals surface area contributed by atoms with Crippen LogP contribution in [0.25, 0.3) is 0 Å². The van der Waals surface area contributed by atoms with Crippen molar-refractivity contribution in [3.63, 3.8) is 0 Å². The molecule has 0 aliphatic heterocycles. The van der Waals surface area contributed by atoms with Gasteiger partial charge in [-0.15, -0.1) is 0 Å². The first-order valence-electron chi connectivity index (χ1n) is 5.23. The van der Waals surface area contributed by atoms with Gasteiger partial charge in [-0.05, 0) is 47.7 Å². The Kier molecular flexibility index (Phi) is 5.70. The van der Waals surface area contributed by atoms with Crippen LogP contribution in [-0.4, -0.2) is 30.9 Å². The lowest BCUT2D eigenvalue weighted by atomic mass is 10.2. The number of ether oxygens (including phenoxy) is 2. The van der Waals surface area contributed by atoms with Gasteiger partial charge in [-0.2, -0.15) is 0 Å². The molecule has 1 rings (SSSR count). The third-order valence-corrected chi connectivity index (χ3v) is 2.90. The Morgan fingerprint density at radius 1 is 1.53 bits per heavy atom. The SMILES string of the molecule is COCCC(C)Oc1ccc(I)cc1C(=O)O. The molecule has 4 nitrogen and oxygen atoms in total. The van der Waals surface area contributed by atoms with Crippen molar-refractivity contribution in [1.82, 2.24) is 0 Å². The van der Waals surface area contributed by atoms with E-state index in [-0.39, 0.29) is 11.7 Å². The van der Waals surface area contributed by atoms with Crippen molar-refractivity contribution in [3.05, 3.63) is 27.3 Å². The van der Waals surface area contributed by atoms with Crippen LogP contribution in [0.3, 0.4) is 0 Å². The summed E-state index contributed by atoms with van der Waals surface area (Å²) >= 11 is 2.07. The lowest BCUT2D eigenvalue weighted by molar-refractivity contribution is 0.0687. The molecule has 0 saturated carbocycles. The molecule has 0 aromatic heterocycles. The molecule has 1 aromatic carbocycles. The smallest absolute Gasteiger partial charge is 0.339 e. The second kappa shape index (κ2) is 6.80. The Hall–Kier alpha value is -0.820. The Labute approximate surface area is 114 Å². The first kappa shape index (κ1) is 14.2. The van der Waals surface area contributed by atoms with E-state index in [0.717, 1.165) is 9.99 Å². The van der Waals surface area contributed by atoms with Gasteiger partial charge in [0, 0.05) is 23.7 Å². The summed E-state index contributed by atoms with van der Waals surface area (Å²) in [6.07, 6.45) is 0.648. The number of aromatic carboxylic acids is 1. The Morgan fingerprint density at radius 3 is 2.82 bits per heavy atom. The van der Waals surface area contributed by atoms with Gasteiger partial charge in [-0.3, -0.25) is 0 Å². The van der Waals surface area contributed by atoms with Crippen LogP contribution in [0.1, 0.15) is 23.7 Å². The van der Waals surface area contributed by atoms with Crippen molar-refractivity contribution < 1.29 is 19.4 Å². The van der Waals surface area contributed by atoms with Crippen molar-refractivity contribution in [2.24, 2.45) is 0 Å². The van der Waals surface area contributed by atoms with E-state index < -0.39 is 5.97 Å². The van der Waals surface area contributed by atoms with Crippen LogP contribution in [0.5, 0.6) is 5.75 Å². The van der Waals surface area contributed by atoms with Gasteiger partial charge in [-0.25, -0.2) is 4.79 Å². The summed E-state index contributed by atoms with van der Waals surface area (Å²) in [5.41, 5.74) is 0.196. The average Bonchev–Trinajstić information content (AvgIpc) is 2.28. The molecule has 0 aliphatic rings. The number of methoxy groups -OCH3 is 1. The fourth-order valence-corrected chi connectivity index (χ4v) is 1.82. The van der Waals surface area contributed by atoms with Crippen LogP contribution in [0.2, 0.25) is 0 Å². The molecule has 1 atom stereocenters. The molecule has 1 aromatic rings. The average molecular weight is 350 g/mol. The van der Waals surface area contributed by atoms with E-state index >= 15 is 0 Å². The summed E-state index contributed by atoms with van der Waals surface area (Å²) in [7, 11) is 1.63. The predicted molar refractivity (Wildman–Crippen MR) is 72.7 cm³/mol. The third kappa shape index (κ3) is 4.51. The number of benzene rings is 1. The Morgan fingerprint density at radius 2 is 2.24 bits per heavy atom. The monoisotopic (exact) mass is 350 g/mol. The summed E-state index contributed by atoms with van der Waals surface area (Å²) in [5.74, 6) is -0.570. The minimum absolute atomic E-state index is 0.0758. The van der Waals surface area contributed by atoms with E-state index in [1.54, 1.807) is 19.2 Å². The predicted octanol–water partition coefficient (Wildman–Crippen LogP) is 2.79. The van der Waals surface area contributed by atoms with Gasteiger partial charge in [0.1, 0.15) is 11.3 Å². The highest BCUT2D eigenvalue weighted by molar-refractivity contribution is 14.1. The van der Waals surface area contributed by atoms with E-state index in [1.807, 2.05) is 13.0 Å². The number of carboxylic acids is 1. The van der Waals surface area contributed by atoms with E-state index in [9.17, 15) is 4.79 Å². The second-order valence-corrected chi connectivity index (χ2v) is 4.90. The standard InChI is InChI=1S/C12H15IO4/c1-8(5-6-16-2)17-11-4-3-9(13)7-10(11)12(14)15/h3-4,7-8H,5-6H2,1-2H3,(H,14,15). The van der Waals surface area contributed by atoms with E-state index in [1.165, 1.54) is 0 Å². The lowest BCUT2D eigenvalue weighted by Crippen LogP contribution is -2.16. The highest BCUT2D eigenvalue weighted by Crippen LogP contribution is 2.23. The fourth-order valence-electron chi connectivity index (χ4n) is 1.33. The maximum atomic E-state index is 11.1. The Balaban J connectivity index is 2.79. The van der Waals surface area contributed by atoms with Gasteiger partial charge in [-0.1, -0.05) is 0 Å². The van der Waals surface area contributed by atoms with Crippen molar-refractivity contribution in [3.8, 4) is 5.75 Å².